The van der Waals surface area contributed by atoms with Gasteiger partial charge in [0.1, 0.15) is 8.24 Å². The molecule has 0 aliphatic heterocycles. The van der Waals surface area contributed by atoms with Crippen molar-refractivity contribution in [2.45, 2.75) is 45.8 Å². The molecule has 1 N–H and O–H groups in total. The number of allylic oxidation sites excluding steroid dienone is 4. The van der Waals surface area contributed by atoms with Crippen LogP contribution in [0.3, 0.4) is 0 Å². The van der Waals surface area contributed by atoms with Gasteiger partial charge in [-0.3, -0.25) is 0 Å². The maximum Gasteiger partial charge on any atom is 0.148 e. The van der Waals surface area contributed by atoms with Gasteiger partial charge in [-0.05, 0) is 66.2 Å². The van der Waals surface area contributed by atoms with Crippen LogP contribution in [0.5, 0.6) is 0 Å². The molecule has 4 rings (SSSR count). The zero-order chi connectivity index (χ0) is 19.4. The molecule has 0 aromatic heterocycles. The van der Waals surface area contributed by atoms with Crippen LogP contribution >= 0.6 is 0 Å². The lowest BCUT2D eigenvalue weighted by atomic mass is 9.93. The van der Waals surface area contributed by atoms with Gasteiger partial charge < -0.3 is 4.98 Å². The van der Waals surface area contributed by atoms with Gasteiger partial charge in [-0.2, -0.15) is 0 Å². The molecule has 0 amide bonds. The molecule has 2 aromatic rings. The highest BCUT2D eigenvalue weighted by Gasteiger charge is 2.36. The number of nitrogens with one attached hydrogen (secondary N) is 1. The van der Waals surface area contributed by atoms with Gasteiger partial charge in [-0.1, -0.05) is 79.5 Å². The van der Waals surface area contributed by atoms with Gasteiger partial charge in [-0.15, -0.1) is 0 Å². The number of hydrogen-bond acceptors (Lipinski definition) is 1. The second-order valence-electron chi connectivity index (χ2n) is 9.31. The normalized spacial score (nSPS) is 16.5. The molecule has 0 saturated heterocycles. The summed E-state index contributed by atoms with van der Waals surface area (Å²) in [6.07, 6.45) is 3.52. The molecule has 0 unspecified atom stereocenters. The first kappa shape index (κ1) is 18.2. The monoisotopic (exact) mass is 371 g/mol. The molecule has 2 aromatic carbocycles. The van der Waals surface area contributed by atoms with Crippen molar-refractivity contribution in [3.63, 3.8) is 0 Å². The third kappa shape index (κ3) is 3.17. The molecule has 1 nitrogen and oxygen atoms in total. The third-order valence-electron chi connectivity index (χ3n) is 5.62. The van der Waals surface area contributed by atoms with Crippen LogP contribution in [0.2, 0.25) is 13.1 Å². The van der Waals surface area contributed by atoms with Crippen LogP contribution in [-0.2, 0) is 0 Å². The summed E-state index contributed by atoms with van der Waals surface area (Å²) >= 11 is 0. The Morgan fingerprint density at radius 2 is 1.37 bits per heavy atom. The Bertz CT molecular complexity index is 999. The van der Waals surface area contributed by atoms with E-state index in [0.29, 0.717) is 0 Å². The van der Waals surface area contributed by atoms with Crippen LogP contribution in [0.1, 0.15) is 49.4 Å². The summed E-state index contributed by atoms with van der Waals surface area (Å²) in [6, 6.07) is 17.5. The Labute approximate surface area is 164 Å². The minimum absolute atomic E-state index is 0.126. The molecular formula is C25H29NSi. The first-order chi connectivity index (χ1) is 12.7. The lowest BCUT2D eigenvalue weighted by molar-refractivity contribution is 0.514. The van der Waals surface area contributed by atoms with Gasteiger partial charge in [0.05, 0.1) is 0 Å². The zero-order valence-electron chi connectivity index (χ0n) is 17.1. The van der Waals surface area contributed by atoms with Gasteiger partial charge in [0.2, 0.25) is 0 Å². The van der Waals surface area contributed by atoms with Crippen molar-refractivity contribution in [3.8, 4) is 0 Å². The molecule has 2 aliphatic carbocycles. The molecular weight excluding hydrogens is 342 g/mol. The van der Waals surface area contributed by atoms with E-state index in [4.69, 9.17) is 0 Å². The van der Waals surface area contributed by atoms with Crippen LogP contribution in [0.25, 0.3) is 16.7 Å². The lowest BCUT2D eigenvalue weighted by Crippen LogP contribution is -2.55. The smallest absolute Gasteiger partial charge is 0.148 e. The van der Waals surface area contributed by atoms with Crippen LogP contribution in [0, 0.1) is 0 Å². The van der Waals surface area contributed by atoms with Crippen molar-refractivity contribution < 1.29 is 0 Å². The van der Waals surface area contributed by atoms with E-state index in [9.17, 15) is 0 Å². The van der Waals surface area contributed by atoms with Crippen molar-refractivity contribution in [1.82, 2.24) is 4.98 Å². The average Bonchev–Trinajstić information content (AvgIpc) is 3.02. The average molecular weight is 372 g/mol. The second kappa shape index (κ2) is 6.18. The highest BCUT2D eigenvalue weighted by Crippen LogP contribution is 2.48. The van der Waals surface area contributed by atoms with Crippen molar-refractivity contribution in [1.29, 1.82) is 0 Å². The Balaban J connectivity index is 1.88. The zero-order valence-corrected chi connectivity index (χ0v) is 18.1. The van der Waals surface area contributed by atoms with Crippen molar-refractivity contribution in [2.24, 2.45) is 0 Å². The molecule has 0 bridgehead atoms. The van der Waals surface area contributed by atoms with Crippen LogP contribution in [0.4, 0.5) is 0 Å². The summed E-state index contributed by atoms with van der Waals surface area (Å²) in [4.78, 5) is 3.95. The van der Waals surface area contributed by atoms with Crippen molar-refractivity contribution in [3.05, 3.63) is 88.6 Å². The Morgan fingerprint density at radius 1 is 0.852 bits per heavy atom. The molecule has 27 heavy (non-hydrogen) atoms. The van der Waals surface area contributed by atoms with E-state index in [0.717, 1.165) is 12.0 Å². The molecule has 0 fully saturated rings. The number of fused-ring (bicyclic) bond motifs is 4. The second-order valence-corrected chi connectivity index (χ2v) is 13.5. The predicted octanol–water partition coefficient (Wildman–Crippen LogP) is 6.43. The van der Waals surface area contributed by atoms with Crippen LogP contribution in [0.15, 0.2) is 66.4 Å². The first-order valence-corrected chi connectivity index (χ1v) is 12.8. The van der Waals surface area contributed by atoms with E-state index >= 15 is 0 Å². The van der Waals surface area contributed by atoms with E-state index in [1.807, 2.05) is 0 Å². The Hall–Kier alpha value is -2.16. The molecule has 2 heteroatoms. The van der Waals surface area contributed by atoms with Crippen LogP contribution < -0.4 is 4.98 Å². The van der Waals surface area contributed by atoms with Crippen molar-refractivity contribution >= 4 is 25.0 Å². The lowest BCUT2D eigenvalue weighted by Gasteiger charge is -2.34. The van der Waals surface area contributed by atoms with E-state index in [1.165, 1.54) is 33.4 Å². The van der Waals surface area contributed by atoms with E-state index in [1.54, 1.807) is 5.20 Å². The fourth-order valence-electron chi connectivity index (χ4n) is 4.63. The summed E-state index contributed by atoms with van der Waals surface area (Å²) in [5.41, 5.74) is 9.31. The molecule has 2 aliphatic rings. The molecule has 0 heterocycles. The van der Waals surface area contributed by atoms with E-state index < -0.39 is 8.24 Å². The van der Waals surface area contributed by atoms with Gasteiger partial charge in [0.15, 0.2) is 0 Å². The molecule has 138 valence electrons. The number of rotatable bonds is 2. The summed E-state index contributed by atoms with van der Waals surface area (Å²) < 4.78 is 0. The van der Waals surface area contributed by atoms with E-state index in [2.05, 4.69) is 100 Å². The topological polar surface area (TPSA) is 12.0 Å². The summed E-state index contributed by atoms with van der Waals surface area (Å²) in [5.74, 6) is 0. The maximum atomic E-state index is 4.45. The summed E-state index contributed by atoms with van der Waals surface area (Å²) in [5, 5.41) is 1.58. The van der Waals surface area contributed by atoms with Gasteiger partial charge in [0.25, 0.3) is 0 Å². The molecule has 0 saturated carbocycles. The van der Waals surface area contributed by atoms with Gasteiger partial charge in [0, 0.05) is 5.54 Å². The molecule has 0 atom stereocenters. The van der Waals surface area contributed by atoms with Crippen LogP contribution in [-0.4, -0.2) is 13.8 Å². The van der Waals surface area contributed by atoms with Gasteiger partial charge in [-0.25, -0.2) is 0 Å². The minimum atomic E-state index is -1.72. The first-order valence-electron chi connectivity index (χ1n) is 9.79. The third-order valence-corrected chi connectivity index (χ3v) is 8.92. The quantitative estimate of drug-likeness (QED) is 0.599. The fraction of sp³-hybridized carbons (Fsp3) is 0.280. The number of hydrogen-bond donors (Lipinski definition) is 1. The standard InChI is InChI=1S/C25H29NSi/c1-17-19-11-7-9-13-21(19)23-15-18(27(5,6)26-25(2,3)4)16-24(23)22-14-10-8-12-20(17)22/h7-15,26H,1,16H2,2-6H3. The summed E-state index contributed by atoms with van der Waals surface area (Å²) in [7, 11) is -1.72. The Kier molecular flexibility index (Phi) is 4.17. The predicted molar refractivity (Wildman–Crippen MR) is 121 cm³/mol. The molecule has 0 spiro atoms. The largest absolute Gasteiger partial charge is 0.329 e. The Morgan fingerprint density at radius 3 is 1.96 bits per heavy atom. The van der Waals surface area contributed by atoms with Crippen molar-refractivity contribution in [2.75, 3.05) is 0 Å². The summed E-state index contributed by atoms with van der Waals surface area (Å²) in [6.45, 7) is 16.1. The number of benzene rings is 2. The molecule has 0 radical (unpaired) electrons. The fourth-order valence-corrected chi connectivity index (χ4v) is 7.79. The highest BCUT2D eigenvalue weighted by atomic mass is 28.3. The van der Waals surface area contributed by atoms with E-state index in [-0.39, 0.29) is 5.54 Å². The maximum absolute atomic E-state index is 4.45. The highest BCUT2D eigenvalue weighted by molar-refractivity contribution is 6.82. The van der Waals surface area contributed by atoms with Gasteiger partial charge >= 0.3 is 0 Å². The minimum Gasteiger partial charge on any atom is -0.329 e. The SMILES string of the molecule is C=C1c2ccccc2C2=C(CC([Si](C)(C)NC(C)(C)C)=C2)c2ccccc21.